The van der Waals surface area contributed by atoms with Gasteiger partial charge in [0.15, 0.2) is 5.69 Å². The van der Waals surface area contributed by atoms with Crippen molar-refractivity contribution in [2.24, 2.45) is 0 Å². The second kappa shape index (κ2) is 5.99. The molecule has 122 valence electrons. The van der Waals surface area contributed by atoms with Crippen LogP contribution in [-0.4, -0.2) is 16.0 Å². The Morgan fingerprint density at radius 3 is 2.52 bits per heavy atom. The van der Waals surface area contributed by atoms with Crippen LogP contribution in [0.25, 0.3) is 0 Å². The molecule has 0 atom stereocenters. The van der Waals surface area contributed by atoms with Gasteiger partial charge in [0, 0.05) is 22.3 Å². The number of nitrogens with zero attached hydrogens (tertiary/aromatic N) is 2. The molecule has 0 spiro atoms. The molecule has 1 aliphatic rings. The van der Waals surface area contributed by atoms with Gasteiger partial charge in [0.25, 0.3) is 0 Å². The summed E-state index contributed by atoms with van der Waals surface area (Å²) in [5, 5.41) is 5.84. The van der Waals surface area contributed by atoms with Gasteiger partial charge >= 0.3 is 6.18 Å². The highest BCUT2D eigenvalue weighted by molar-refractivity contribution is 9.10. The molecule has 4 nitrogen and oxygen atoms in total. The standard InChI is InChI=1S/C15H14BrF3N4/c1-8-6-9(16)2-5-11(8)21-13-7-12(15(17,18)19)22-14(23-13)20-10-3-4-10/h2,5-7,10H,3-4H2,1H3,(H2,20,21,22,23). The summed E-state index contributed by atoms with van der Waals surface area (Å²) in [5.74, 6) is 0.112. The molecule has 1 aromatic carbocycles. The lowest BCUT2D eigenvalue weighted by Gasteiger charge is -2.14. The van der Waals surface area contributed by atoms with Gasteiger partial charge < -0.3 is 10.6 Å². The zero-order chi connectivity index (χ0) is 16.6. The largest absolute Gasteiger partial charge is 0.433 e. The fraction of sp³-hybridized carbons (Fsp3) is 0.333. The lowest BCUT2D eigenvalue weighted by atomic mass is 10.2. The first-order valence-electron chi connectivity index (χ1n) is 7.07. The molecule has 1 saturated carbocycles. The monoisotopic (exact) mass is 386 g/mol. The number of anilines is 3. The van der Waals surface area contributed by atoms with E-state index < -0.39 is 11.9 Å². The Hall–Kier alpha value is -1.83. The highest BCUT2D eigenvalue weighted by Gasteiger charge is 2.34. The number of aryl methyl sites for hydroxylation is 1. The highest BCUT2D eigenvalue weighted by atomic mass is 79.9. The van der Waals surface area contributed by atoms with E-state index in [1.807, 2.05) is 19.1 Å². The first kappa shape index (κ1) is 16.0. The summed E-state index contributed by atoms with van der Waals surface area (Å²) in [7, 11) is 0. The maximum Gasteiger partial charge on any atom is 0.433 e. The number of benzene rings is 1. The van der Waals surface area contributed by atoms with Crippen molar-refractivity contribution in [1.82, 2.24) is 9.97 Å². The molecule has 0 amide bonds. The molecule has 3 rings (SSSR count). The van der Waals surface area contributed by atoms with Crippen LogP contribution in [0.2, 0.25) is 0 Å². The van der Waals surface area contributed by atoms with Crippen LogP contribution < -0.4 is 10.6 Å². The van der Waals surface area contributed by atoms with E-state index >= 15 is 0 Å². The number of rotatable bonds is 4. The summed E-state index contributed by atoms with van der Waals surface area (Å²) in [4.78, 5) is 7.71. The van der Waals surface area contributed by atoms with Gasteiger partial charge in [-0.25, -0.2) is 4.98 Å². The number of halogens is 4. The molecule has 0 aliphatic heterocycles. The Morgan fingerprint density at radius 1 is 1.17 bits per heavy atom. The molecule has 0 saturated heterocycles. The number of hydrogen-bond donors (Lipinski definition) is 2. The van der Waals surface area contributed by atoms with Crippen LogP contribution in [0.5, 0.6) is 0 Å². The van der Waals surface area contributed by atoms with Crippen LogP contribution in [0, 0.1) is 6.92 Å². The van der Waals surface area contributed by atoms with Gasteiger partial charge in [-0.1, -0.05) is 15.9 Å². The SMILES string of the molecule is Cc1cc(Br)ccc1Nc1cc(C(F)(F)F)nc(NC2CC2)n1. The Morgan fingerprint density at radius 2 is 1.91 bits per heavy atom. The first-order chi connectivity index (χ1) is 10.8. The summed E-state index contributed by atoms with van der Waals surface area (Å²) in [6.07, 6.45) is -2.67. The molecule has 0 bridgehead atoms. The van der Waals surface area contributed by atoms with Crippen molar-refractivity contribution in [3.05, 3.63) is 40.0 Å². The third-order valence-corrected chi connectivity index (χ3v) is 3.87. The molecule has 0 radical (unpaired) electrons. The minimum absolute atomic E-state index is 0.000380. The third-order valence-electron chi connectivity index (χ3n) is 3.38. The molecule has 1 heterocycles. The van der Waals surface area contributed by atoms with Gasteiger partial charge in [0.2, 0.25) is 5.95 Å². The Labute approximate surface area is 139 Å². The summed E-state index contributed by atoms with van der Waals surface area (Å²) in [6.45, 7) is 1.86. The first-order valence-corrected chi connectivity index (χ1v) is 7.86. The maximum absolute atomic E-state index is 13.0. The lowest BCUT2D eigenvalue weighted by molar-refractivity contribution is -0.141. The predicted molar refractivity (Wildman–Crippen MR) is 85.8 cm³/mol. The number of nitrogens with one attached hydrogen (secondary N) is 2. The van der Waals surface area contributed by atoms with Gasteiger partial charge in [-0.3, -0.25) is 0 Å². The van der Waals surface area contributed by atoms with E-state index in [9.17, 15) is 13.2 Å². The maximum atomic E-state index is 13.0. The van der Waals surface area contributed by atoms with Gasteiger partial charge in [-0.2, -0.15) is 18.2 Å². The van der Waals surface area contributed by atoms with Crippen molar-refractivity contribution in [2.75, 3.05) is 10.6 Å². The zero-order valence-electron chi connectivity index (χ0n) is 12.2. The number of alkyl halides is 3. The third kappa shape index (κ3) is 4.13. The smallest absolute Gasteiger partial charge is 0.351 e. The van der Waals surface area contributed by atoms with E-state index in [0.717, 1.165) is 28.9 Å². The quantitative estimate of drug-likeness (QED) is 0.785. The lowest BCUT2D eigenvalue weighted by Crippen LogP contribution is -2.14. The Kier molecular flexibility index (Phi) is 4.18. The average molecular weight is 387 g/mol. The second-order valence-corrected chi connectivity index (χ2v) is 6.38. The molecule has 1 aromatic heterocycles. The minimum atomic E-state index is -4.52. The van der Waals surface area contributed by atoms with Crippen molar-refractivity contribution in [2.45, 2.75) is 32.0 Å². The van der Waals surface area contributed by atoms with Gasteiger partial charge in [0.1, 0.15) is 5.82 Å². The predicted octanol–water partition coefficient (Wildman–Crippen LogP) is 4.88. The molecule has 8 heteroatoms. The van der Waals surface area contributed by atoms with E-state index in [1.165, 1.54) is 0 Å². The van der Waals surface area contributed by atoms with Crippen LogP contribution >= 0.6 is 15.9 Å². The van der Waals surface area contributed by atoms with Crippen molar-refractivity contribution >= 4 is 33.4 Å². The average Bonchev–Trinajstić information content (AvgIpc) is 3.25. The second-order valence-electron chi connectivity index (χ2n) is 5.46. The normalized spacial score (nSPS) is 14.7. The summed E-state index contributed by atoms with van der Waals surface area (Å²) in [5.41, 5.74) is 0.619. The van der Waals surface area contributed by atoms with Gasteiger partial charge in [0.05, 0.1) is 0 Å². The van der Waals surface area contributed by atoms with Gasteiger partial charge in [-0.15, -0.1) is 0 Å². The Balaban J connectivity index is 1.93. The molecule has 2 aromatic rings. The zero-order valence-corrected chi connectivity index (χ0v) is 13.8. The van der Waals surface area contributed by atoms with Crippen LogP contribution in [0.4, 0.5) is 30.6 Å². The molecular formula is C15H14BrF3N4. The Bertz CT molecular complexity index is 729. The van der Waals surface area contributed by atoms with E-state index in [-0.39, 0.29) is 17.8 Å². The molecule has 23 heavy (non-hydrogen) atoms. The number of hydrogen-bond acceptors (Lipinski definition) is 4. The summed E-state index contributed by atoms with van der Waals surface area (Å²) in [6, 6.07) is 6.55. The van der Waals surface area contributed by atoms with Crippen LogP contribution in [0.3, 0.4) is 0 Å². The molecule has 1 aliphatic carbocycles. The van der Waals surface area contributed by atoms with E-state index in [1.54, 1.807) is 6.07 Å². The van der Waals surface area contributed by atoms with E-state index in [2.05, 4.69) is 36.5 Å². The molecule has 1 fully saturated rings. The molecule has 0 unspecified atom stereocenters. The summed E-state index contributed by atoms with van der Waals surface area (Å²) < 4.78 is 40.0. The fourth-order valence-electron chi connectivity index (χ4n) is 2.04. The van der Waals surface area contributed by atoms with Crippen molar-refractivity contribution in [3.63, 3.8) is 0 Å². The van der Waals surface area contributed by atoms with Crippen LogP contribution in [0.1, 0.15) is 24.1 Å². The van der Waals surface area contributed by atoms with Crippen molar-refractivity contribution in [1.29, 1.82) is 0 Å². The highest BCUT2D eigenvalue weighted by Crippen LogP contribution is 2.32. The topological polar surface area (TPSA) is 49.8 Å². The van der Waals surface area contributed by atoms with Crippen LogP contribution in [0.15, 0.2) is 28.7 Å². The van der Waals surface area contributed by atoms with E-state index in [0.29, 0.717) is 5.69 Å². The van der Waals surface area contributed by atoms with Crippen molar-refractivity contribution < 1.29 is 13.2 Å². The number of aromatic nitrogens is 2. The fourth-order valence-corrected chi connectivity index (χ4v) is 2.51. The van der Waals surface area contributed by atoms with Gasteiger partial charge in [-0.05, 0) is 43.5 Å². The minimum Gasteiger partial charge on any atom is -0.351 e. The molecule has 2 N–H and O–H groups in total. The summed E-state index contributed by atoms with van der Waals surface area (Å²) >= 11 is 3.35. The van der Waals surface area contributed by atoms with Crippen molar-refractivity contribution in [3.8, 4) is 0 Å². The van der Waals surface area contributed by atoms with E-state index in [4.69, 9.17) is 0 Å². The molecular weight excluding hydrogens is 373 g/mol. The van der Waals surface area contributed by atoms with Crippen LogP contribution in [-0.2, 0) is 6.18 Å².